The van der Waals surface area contributed by atoms with E-state index in [0.717, 1.165) is 35.2 Å². The highest BCUT2D eigenvalue weighted by molar-refractivity contribution is 5.94. The van der Waals surface area contributed by atoms with E-state index in [1.807, 2.05) is 72.8 Å². The summed E-state index contributed by atoms with van der Waals surface area (Å²) in [6.45, 7) is 3.42. The van der Waals surface area contributed by atoms with Crippen molar-refractivity contribution in [3.05, 3.63) is 143 Å². The number of aliphatic hydroxyl groups is 1. The third-order valence-electron chi connectivity index (χ3n) is 7.79. The highest BCUT2D eigenvalue weighted by atomic mass is 16.7. The van der Waals surface area contributed by atoms with E-state index in [-0.39, 0.29) is 30.8 Å². The third-order valence-corrected chi connectivity index (χ3v) is 7.79. The Hall–Kier alpha value is -3.81. The molecular weight excluding hydrogens is 512 g/mol. The summed E-state index contributed by atoms with van der Waals surface area (Å²) in [6.07, 6.45) is 0.0171. The number of likely N-dealkylation sites (N-methyl/N-ethyl adjacent to an activating group) is 1. The van der Waals surface area contributed by atoms with Gasteiger partial charge in [0.1, 0.15) is 0 Å². The highest BCUT2D eigenvalue weighted by Gasteiger charge is 2.33. The Morgan fingerprint density at radius 3 is 2.12 bits per heavy atom. The molecule has 6 heteroatoms. The highest BCUT2D eigenvalue weighted by Crippen LogP contribution is 2.38. The molecule has 4 aromatic carbocycles. The molecule has 5 rings (SSSR count). The van der Waals surface area contributed by atoms with Gasteiger partial charge in [0.15, 0.2) is 6.29 Å². The Morgan fingerprint density at radius 1 is 0.854 bits per heavy atom. The average molecular weight is 551 g/mol. The van der Waals surface area contributed by atoms with E-state index < -0.39 is 6.29 Å². The summed E-state index contributed by atoms with van der Waals surface area (Å²) in [6, 6.07) is 36.0. The Kier molecular flexibility index (Phi) is 9.59. The first-order valence-electron chi connectivity index (χ1n) is 14.2. The summed E-state index contributed by atoms with van der Waals surface area (Å²) in [5.74, 6) is -0.0969. The largest absolute Gasteiger partial charge is 0.392 e. The maximum absolute atomic E-state index is 12.4. The first-order valence-corrected chi connectivity index (χ1v) is 14.2. The number of nitrogens with one attached hydrogen (secondary N) is 1. The predicted molar refractivity (Wildman–Crippen MR) is 160 cm³/mol. The normalized spacial score (nSPS) is 19.6. The van der Waals surface area contributed by atoms with E-state index in [0.29, 0.717) is 12.1 Å². The number of amides is 1. The number of hydrogen-bond acceptors (Lipinski definition) is 5. The minimum atomic E-state index is -0.523. The second-order valence-electron chi connectivity index (χ2n) is 10.7. The molecule has 0 saturated carbocycles. The van der Waals surface area contributed by atoms with Crippen LogP contribution in [0.3, 0.4) is 0 Å². The van der Waals surface area contributed by atoms with E-state index in [9.17, 15) is 9.90 Å². The number of aliphatic hydroxyl groups excluding tert-OH is 1. The molecule has 0 spiro atoms. The fourth-order valence-electron chi connectivity index (χ4n) is 5.16. The van der Waals surface area contributed by atoms with Crippen molar-refractivity contribution >= 4 is 5.91 Å². The van der Waals surface area contributed by atoms with Gasteiger partial charge in [-0.1, -0.05) is 97.1 Å². The minimum Gasteiger partial charge on any atom is -0.392 e. The van der Waals surface area contributed by atoms with Crippen molar-refractivity contribution in [2.24, 2.45) is 0 Å². The molecule has 1 aliphatic heterocycles. The van der Waals surface area contributed by atoms with E-state index in [4.69, 9.17) is 9.47 Å². The zero-order valence-corrected chi connectivity index (χ0v) is 23.6. The van der Waals surface area contributed by atoms with Gasteiger partial charge >= 0.3 is 0 Å². The fraction of sp³-hybridized carbons (Fsp3) is 0.286. The molecule has 41 heavy (non-hydrogen) atoms. The second-order valence-corrected chi connectivity index (χ2v) is 10.7. The lowest BCUT2D eigenvalue weighted by molar-refractivity contribution is -0.253. The summed E-state index contributed by atoms with van der Waals surface area (Å²) in [7, 11) is 2.13. The number of carbonyl (C=O) groups is 1. The summed E-state index contributed by atoms with van der Waals surface area (Å²) < 4.78 is 13.1. The van der Waals surface area contributed by atoms with Gasteiger partial charge in [0.2, 0.25) is 0 Å². The van der Waals surface area contributed by atoms with Crippen LogP contribution < -0.4 is 5.32 Å². The Bertz CT molecular complexity index is 1380. The van der Waals surface area contributed by atoms with Crippen LogP contribution in [-0.4, -0.2) is 35.6 Å². The van der Waals surface area contributed by atoms with Crippen LogP contribution in [0.15, 0.2) is 109 Å². The average Bonchev–Trinajstić information content (AvgIpc) is 3.04. The summed E-state index contributed by atoms with van der Waals surface area (Å²) in [5, 5.41) is 12.5. The number of hydrogen-bond donors (Lipinski definition) is 2. The molecule has 0 aliphatic carbocycles. The number of carbonyl (C=O) groups excluding carboxylic acids is 1. The van der Waals surface area contributed by atoms with Crippen LogP contribution in [0.4, 0.5) is 0 Å². The van der Waals surface area contributed by atoms with Crippen molar-refractivity contribution < 1.29 is 19.4 Å². The van der Waals surface area contributed by atoms with Crippen LogP contribution in [0, 0.1) is 0 Å². The molecule has 212 valence electrons. The zero-order chi connectivity index (χ0) is 28.6. The van der Waals surface area contributed by atoms with Crippen LogP contribution in [0.2, 0.25) is 0 Å². The number of benzene rings is 4. The molecule has 1 fully saturated rings. The summed E-state index contributed by atoms with van der Waals surface area (Å²) >= 11 is 0. The molecule has 0 bridgehead atoms. The van der Waals surface area contributed by atoms with Gasteiger partial charge < -0.3 is 19.9 Å². The van der Waals surface area contributed by atoms with Gasteiger partial charge in [-0.2, -0.15) is 0 Å². The second kappa shape index (κ2) is 13.7. The van der Waals surface area contributed by atoms with Gasteiger partial charge in [0.05, 0.1) is 18.8 Å². The minimum absolute atomic E-state index is 0.0144. The summed E-state index contributed by atoms with van der Waals surface area (Å²) in [5.41, 5.74) is 5.79. The molecule has 4 aromatic rings. The van der Waals surface area contributed by atoms with Crippen molar-refractivity contribution in [1.29, 1.82) is 0 Å². The van der Waals surface area contributed by atoms with E-state index >= 15 is 0 Å². The molecule has 1 aliphatic rings. The molecule has 1 heterocycles. The Morgan fingerprint density at radius 2 is 1.46 bits per heavy atom. The van der Waals surface area contributed by atoms with Gasteiger partial charge in [-0.25, -0.2) is 0 Å². The Labute approximate surface area is 242 Å². The lowest BCUT2D eigenvalue weighted by Gasteiger charge is -2.39. The lowest BCUT2D eigenvalue weighted by atomic mass is 9.99. The van der Waals surface area contributed by atoms with Gasteiger partial charge in [-0.05, 0) is 48.4 Å². The SMILES string of the molecule is CC(c1ccccc1)N(C)CC1CC(c2ccc(CO)cc2)OC(c2ccc(CNC(=O)c3ccccc3)cc2)O1. The smallest absolute Gasteiger partial charge is 0.251 e. The maximum Gasteiger partial charge on any atom is 0.251 e. The predicted octanol–water partition coefficient (Wildman–Crippen LogP) is 6.35. The van der Waals surface area contributed by atoms with E-state index in [2.05, 4.69) is 48.5 Å². The fourth-order valence-corrected chi connectivity index (χ4v) is 5.16. The first kappa shape index (κ1) is 28.7. The first-order chi connectivity index (χ1) is 20.0. The Balaban J connectivity index is 1.29. The van der Waals surface area contributed by atoms with Crippen molar-refractivity contribution in [3.8, 4) is 0 Å². The third kappa shape index (κ3) is 7.48. The van der Waals surface area contributed by atoms with Crippen molar-refractivity contribution in [3.63, 3.8) is 0 Å². The molecule has 6 nitrogen and oxygen atoms in total. The van der Waals surface area contributed by atoms with Crippen LogP contribution in [-0.2, 0) is 22.6 Å². The molecule has 1 amide bonds. The van der Waals surface area contributed by atoms with Crippen LogP contribution >= 0.6 is 0 Å². The molecule has 1 saturated heterocycles. The van der Waals surface area contributed by atoms with Crippen molar-refractivity contribution in [2.75, 3.05) is 13.6 Å². The molecule has 0 aromatic heterocycles. The molecule has 4 atom stereocenters. The number of nitrogens with zero attached hydrogens (tertiary/aromatic N) is 1. The van der Waals surface area contributed by atoms with Crippen LogP contribution in [0.1, 0.15) is 70.0 Å². The van der Waals surface area contributed by atoms with Crippen LogP contribution in [0.25, 0.3) is 0 Å². The van der Waals surface area contributed by atoms with Crippen molar-refractivity contribution in [2.45, 2.75) is 51.0 Å². The molecule has 0 radical (unpaired) electrons. The standard InChI is InChI=1S/C35H38N2O4/c1-25(28-9-5-3-6-10-28)37(2)23-32-21-33(29-17-15-27(24-38)16-18-29)41-35(40-32)31-19-13-26(14-20-31)22-36-34(39)30-11-7-4-8-12-30/h3-20,25,32-33,35,38H,21-24H2,1-2H3,(H,36,39). The van der Waals surface area contributed by atoms with E-state index in [1.54, 1.807) is 12.1 Å². The van der Waals surface area contributed by atoms with E-state index in [1.165, 1.54) is 5.56 Å². The summed E-state index contributed by atoms with van der Waals surface area (Å²) in [4.78, 5) is 14.8. The molecule has 4 unspecified atom stereocenters. The maximum atomic E-state index is 12.4. The molecular formula is C35H38N2O4. The van der Waals surface area contributed by atoms with Gasteiger partial charge in [0, 0.05) is 36.7 Å². The topological polar surface area (TPSA) is 71.0 Å². The monoisotopic (exact) mass is 550 g/mol. The lowest BCUT2D eigenvalue weighted by Crippen LogP contribution is -2.38. The van der Waals surface area contributed by atoms with Gasteiger partial charge in [-0.15, -0.1) is 0 Å². The van der Waals surface area contributed by atoms with Gasteiger partial charge in [-0.3, -0.25) is 9.69 Å². The number of rotatable bonds is 10. The number of ether oxygens (including phenoxy) is 2. The zero-order valence-electron chi connectivity index (χ0n) is 23.6. The molecule has 2 N–H and O–H groups in total. The quantitative estimate of drug-likeness (QED) is 0.241. The van der Waals surface area contributed by atoms with Crippen LogP contribution in [0.5, 0.6) is 0 Å². The van der Waals surface area contributed by atoms with Gasteiger partial charge in [0.25, 0.3) is 5.91 Å². The van der Waals surface area contributed by atoms with Crippen molar-refractivity contribution in [1.82, 2.24) is 10.2 Å².